The van der Waals surface area contributed by atoms with Crippen LogP contribution in [0.25, 0.3) is 10.1 Å². The van der Waals surface area contributed by atoms with Crippen LogP contribution in [0.1, 0.15) is 11.1 Å². The molecule has 0 unspecified atom stereocenters. The van der Waals surface area contributed by atoms with Crippen LogP contribution in [-0.4, -0.2) is 0 Å². The zero-order valence-electron chi connectivity index (χ0n) is 10.7. The predicted molar refractivity (Wildman–Crippen MR) is 92.3 cm³/mol. The summed E-state index contributed by atoms with van der Waals surface area (Å²) in [4.78, 5) is 0. The van der Waals surface area contributed by atoms with Crippen LogP contribution in [0.3, 0.4) is 0 Å². The molecule has 0 radical (unpaired) electrons. The second kappa shape index (κ2) is 7.77. The fourth-order valence-electron chi connectivity index (χ4n) is 1.63. The molecule has 0 aliphatic rings. The third-order valence-corrected chi connectivity index (χ3v) is 4.00. The Balaban J connectivity index is 2.11. The Bertz CT molecular complexity index is 598. The zero-order valence-corrected chi connectivity index (χ0v) is 13.7. The van der Waals surface area contributed by atoms with E-state index in [0.717, 1.165) is 11.1 Å². The summed E-state index contributed by atoms with van der Waals surface area (Å²) in [5.41, 5.74) is 4.30. The summed E-state index contributed by atoms with van der Waals surface area (Å²) in [5, 5.41) is 0.963. The SMILES string of the molecule is Cl/C=C(/Cl)c1ccc(Oc2ccc(/C(Cl)=C\Cl)cc2)cc1. The van der Waals surface area contributed by atoms with Gasteiger partial charge < -0.3 is 4.74 Å². The van der Waals surface area contributed by atoms with Gasteiger partial charge in [0.25, 0.3) is 0 Å². The largest absolute Gasteiger partial charge is 0.457 e. The highest BCUT2D eigenvalue weighted by molar-refractivity contribution is 6.53. The molecule has 2 rings (SSSR count). The van der Waals surface area contributed by atoms with Crippen molar-refractivity contribution in [3.63, 3.8) is 0 Å². The molecule has 0 amide bonds. The van der Waals surface area contributed by atoms with Crippen molar-refractivity contribution in [2.45, 2.75) is 0 Å². The van der Waals surface area contributed by atoms with Gasteiger partial charge in [-0.2, -0.15) is 0 Å². The summed E-state index contributed by atoms with van der Waals surface area (Å²) in [5.74, 6) is 1.40. The van der Waals surface area contributed by atoms with Crippen LogP contribution in [-0.2, 0) is 0 Å². The molecule has 0 N–H and O–H groups in total. The van der Waals surface area contributed by atoms with Gasteiger partial charge in [-0.15, -0.1) is 0 Å². The van der Waals surface area contributed by atoms with Gasteiger partial charge in [-0.25, -0.2) is 0 Å². The predicted octanol–water partition coefficient (Wildman–Crippen LogP) is 7.03. The summed E-state index contributed by atoms with van der Waals surface area (Å²) in [6, 6.07) is 14.6. The van der Waals surface area contributed by atoms with E-state index in [1.165, 1.54) is 11.1 Å². The lowest BCUT2D eigenvalue weighted by Gasteiger charge is -2.07. The number of hydrogen-bond donors (Lipinski definition) is 0. The molecular weight excluding hydrogens is 350 g/mol. The van der Waals surface area contributed by atoms with Crippen molar-refractivity contribution in [1.29, 1.82) is 0 Å². The average molecular weight is 360 g/mol. The molecule has 0 saturated carbocycles. The van der Waals surface area contributed by atoms with Gasteiger partial charge in [0.2, 0.25) is 0 Å². The van der Waals surface area contributed by atoms with E-state index in [1.54, 1.807) is 0 Å². The molecule has 2 aromatic rings. The Kier molecular flexibility index (Phi) is 6.01. The van der Waals surface area contributed by atoms with Crippen LogP contribution >= 0.6 is 46.4 Å². The third-order valence-electron chi connectivity index (χ3n) is 2.69. The van der Waals surface area contributed by atoms with Crippen LogP contribution in [0, 0.1) is 0 Å². The minimum atomic E-state index is 0.482. The molecule has 0 saturated heterocycles. The Morgan fingerprint density at radius 1 is 0.667 bits per heavy atom. The number of halogens is 4. The highest BCUT2D eigenvalue weighted by Crippen LogP contribution is 2.27. The van der Waals surface area contributed by atoms with Crippen LogP contribution in [0.5, 0.6) is 11.5 Å². The van der Waals surface area contributed by atoms with E-state index in [4.69, 9.17) is 51.1 Å². The Morgan fingerprint density at radius 3 is 1.29 bits per heavy atom. The first-order valence-corrected chi connectivity index (χ1v) is 7.57. The van der Waals surface area contributed by atoms with E-state index < -0.39 is 0 Å². The van der Waals surface area contributed by atoms with Gasteiger partial charge in [-0.1, -0.05) is 46.4 Å². The second-order valence-corrected chi connectivity index (χ2v) is 5.32. The van der Waals surface area contributed by atoms with Crippen molar-refractivity contribution in [2.75, 3.05) is 0 Å². The minimum absolute atomic E-state index is 0.482. The Morgan fingerprint density at radius 2 is 1.00 bits per heavy atom. The topological polar surface area (TPSA) is 9.23 Å². The van der Waals surface area contributed by atoms with Crippen LogP contribution in [0.15, 0.2) is 59.6 Å². The van der Waals surface area contributed by atoms with Gasteiger partial charge >= 0.3 is 0 Å². The standard InChI is InChI=1S/C16H10Cl4O/c17-9-15(19)11-1-5-13(6-2-11)21-14-7-3-12(4-8-14)16(20)10-18/h1-10H/b15-9+,16-10+. The van der Waals surface area contributed by atoms with Crippen molar-refractivity contribution < 1.29 is 4.74 Å². The smallest absolute Gasteiger partial charge is 0.127 e. The van der Waals surface area contributed by atoms with Crippen LogP contribution < -0.4 is 4.74 Å². The van der Waals surface area contributed by atoms with E-state index in [9.17, 15) is 0 Å². The maximum atomic E-state index is 5.92. The highest BCUT2D eigenvalue weighted by atomic mass is 35.5. The molecule has 0 spiro atoms. The van der Waals surface area contributed by atoms with Gasteiger partial charge in [0.05, 0.1) is 10.1 Å². The number of ether oxygens (including phenoxy) is 1. The second-order valence-electron chi connectivity index (χ2n) is 4.06. The van der Waals surface area contributed by atoms with Gasteiger partial charge in [-0.3, -0.25) is 0 Å². The number of benzene rings is 2. The average Bonchev–Trinajstić information content (AvgIpc) is 2.55. The van der Waals surface area contributed by atoms with Crippen molar-refractivity contribution in [2.24, 2.45) is 0 Å². The molecule has 0 heterocycles. The van der Waals surface area contributed by atoms with Crippen molar-refractivity contribution >= 4 is 56.5 Å². The molecule has 0 aliphatic carbocycles. The van der Waals surface area contributed by atoms with E-state index >= 15 is 0 Å². The fourth-order valence-corrected chi connectivity index (χ4v) is 2.13. The van der Waals surface area contributed by atoms with Crippen molar-refractivity contribution in [3.8, 4) is 11.5 Å². The molecule has 0 atom stereocenters. The minimum Gasteiger partial charge on any atom is -0.457 e. The molecule has 0 fully saturated rings. The third kappa shape index (κ3) is 4.42. The molecule has 21 heavy (non-hydrogen) atoms. The first-order chi connectivity index (χ1) is 10.1. The molecule has 0 aliphatic heterocycles. The molecule has 0 bridgehead atoms. The molecule has 1 nitrogen and oxygen atoms in total. The maximum Gasteiger partial charge on any atom is 0.127 e. The van der Waals surface area contributed by atoms with E-state index in [2.05, 4.69) is 0 Å². The lowest BCUT2D eigenvalue weighted by Crippen LogP contribution is -1.85. The summed E-state index contributed by atoms with van der Waals surface area (Å²) in [6.07, 6.45) is 0. The molecule has 5 heteroatoms. The number of rotatable bonds is 4. The first kappa shape index (κ1) is 16.3. The summed E-state index contributed by atoms with van der Waals surface area (Å²) >= 11 is 23.0. The quantitative estimate of drug-likeness (QED) is 0.569. The van der Waals surface area contributed by atoms with Gasteiger partial charge in [0.15, 0.2) is 0 Å². The van der Waals surface area contributed by atoms with Crippen LogP contribution in [0.2, 0.25) is 0 Å². The Labute approximate surface area is 143 Å². The lowest BCUT2D eigenvalue weighted by atomic mass is 10.2. The Hall–Kier alpha value is -1.12. The summed E-state index contributed by atoms with van der Waals surface area (Å²) in [7, 11) is 0. The van der Waals surface area contributed by atoms with E-state index in [1.807, 2.05) is 48.5 Å². The van der Waals surface area contributed by atoms with Gasteiger partial charge in [0.1, 0.15) is 11.5 Å². The number of hydrogen-bond acceptors (Lipinski definition) is 1. The van der Waals surface area contributed by atoms with Crippen molar-refractivity contribution in [1.82, 2.24) is 0 Å². The van der Waals surface area contributed by atoms with Gasteiger partial charge in [0, 0.05) is 11.1 Å². The molecular formula is C16H10Cl4O. The zero-order chi connectivity index (χ0) is 15.2. The maximum absolute atomic E-state index is 5.92. The van der Waals surface area contributed by atoms with Crippen LogP contribution in [0.4, 0.5) is 0 Å². The first-order valence-electron chi connectivity index (χ1n) is 5.94. The summed E-state index contributed by atoms with van der Waals surface area (Å²) < 4.78 is 5.72. The van der Waals surface area contributed by atoms with Crippen molar-refractivity contribution in [3.05, 3.63) is 70.7 Å². The lowest BCUT2D eigenvalue weighted by molar-refractivity contribution is 0.482. The van der Waals surface area contributed by atoms with E-state index in [0.29, 0.717) is 21.6 Å². The van der Waals surface area contributed by atoms with E-state index in [-0.39, 0.29) is 0 Å². The molecule has 0 aromatic heterocycles. The summed E-state index contributed by atoms with van der Waals surface area (Å²) in [6.45, 7) is 0. The van der Waals surface area contributed by atoms with Gasteiger partial charge in [-0.05, 0) is 59.7 Å². The fraction of sp³-hybridized carbons (Fsp3) is 0. The highest BCUT2D eigenvalue weighted by Gasteiger charge is 2.02. The molecule has 2 aromatic carbocycles. The molecule has 108 valence electrons. The normalized spacial score (nSPS) is 12.4. The monoisotopic (exact) mass is 358 g/mol.